The average Bonchev–Trinajstić information content (AvgIpc) is 2.94. The Morgan fingerprint density at radius 3 is 2.64 bits per heavy atom. The molecule has 0 atom stereocenters. The molecule has 2 rings (SSSR count). The Morgan fingerprint density at radius 1 is 1.29 bits per heavy atom. The van der Waals surface area contributed by atoms with Crippen LogP contribution in [0.15, 0.2) is 0 Å². The third-order valence-corrected chi connectivity index (χ3v) is 3.08. The Morgan fingerprint density at radius 2 is 2.00 bits per heavy atom. The normalized spacial score (nSPS) is 26.4. The molecular weight excluding hydrogens is 178 g/mol. The summed E-state index contributed by atoms with van der Waals surface area (Å²) in [7, 11) is 0. The second kappa shape index (κ2) is 4.57. The van der Waals surface area contributed by atoms with Gasteiger partial charge < -0.3 is 15.8 Å². The molecule has 2 aliphatic rings. The molecule has 4 nitrogen and oxygen atoms in total. The molecule has 1 aliphatic carbocycles. The highest BCUT2D eigenvalue weighted by atomic mass is 16.5. The van der Waals surface area contributed by atoms with Crippen molar-refractivity contribution in [2.24, 2.45) is 5.73 Å². The van der Waals surface area contributed by atoms with Gasteiger partial charge in [-0.05, 0) is 12.8 Å². The van der Waals surface area contributed by atoms with Crippen molar-refractivity contribution in [1.82, 2.24) is 10.2 Å². The molecule has 1 saturated heterocycles. The van der Waals surface area contributed by atoms with Crippen LogP contribution < -0.4 is 11.1 Å². The highest BCUT2D eigenvalue weighted by Gasteiger charge is 2.37. The number of ether oxygens (including phenoxy) is 1. The number of morpholine rings is 1. The van der Waals surface area contributed by atoms with Gasteiger partial charge in [-0.15, -0.1) is 0 Å². The number of nitrogens with zero attached hydrogens (tertiary/aromatic N) is 1. The lowest BCUT2D eigenvalue weighted by molar-refractivity contribution is 0.0384. The van der Waals surface area contributed by atoms with Crippen LogP contribution in [0.3, 0.4) is 0 Å². The average molecular weight is 199 g/mol. The van der Waals surface area contributed by atoms with Gasteiger partial charge in [0.1, 0.15) is 0 Å². The molecular formula is C10H21N3O. The number of nitrogens with two attached hydrogens (primary N) is 1. The molecule has 0 unspecified atom stereocenters. The summed E-state index contributed by atoms with van der Waals surface area (Å²) in [4.78, 5) is 2.44. The summed E-state index contributed by atoms with van der Waals surface area (Å²) >= 11 is 0. The second-order valence-corrected chi connectivity index (χ2v) is 4.49. The van der Waals surface area contributed by atoms with Crippen molar-refractivity contribution in [2.75, 3.05) is 45.9 Å². The summed E-state index contributed by atoms with van der Waals surface area (Å²) in [6.07, 6.45) is 2.38. The summed E-state index contributed by atoms with van der Waals surface area (Å²) in [5.74, 6) is 0. The van der Waals surface area contributed by atoms with E-state index in [0.717, 1.165) is 45.9 Å². The van der Waals surface area contributed by atoms with Gasteiger partial charge in [0, 0.05) is 38.3 Å². The zero-order chi connectivity index (χ0) is 9.86. The van der Waals surface area contributed by atoms with Crippen LogP contribution in [0, 0.1) is 0 Å². The first kappa shape index (κ1) is 10.4. The lowest BCUT2D eigenvalue weighted by Gasteiger charge is -2.26. The Kier molecular flexibility index (Phi) is 3.38. The van der Waals surface area contributed by atoms with Crippen molar-refractivity contribution in [1.29, 1.82) is 0 Å². The van der Waals surface area contributed by atoms with Crippen molar-refractivity contribution in [3.05, 3.63) is 0 Å². The zero-order valence-corrected chi connectivity index (χ0v) is 8.80. The lowest BCUT2D eigenvalue weighted by Crippen LogP contribution is -2.43. The van der Waals surface area contributed by atoms with E-state index >= 15 is 0 Å². The van der Waals surface area contributed by atoms with E-state index in [0.29, 0.717) is 0 Å². The van der Waals surface area contributed by atoms with Gasteiger partial charge >= 0.3 is 0 Å². The monoisotopic (exact) mass is 199 g/mol. The number of nitrogens with one attached hydrogen (secondary N) is 1. The predicted molar refractivity (Wildman–Crippen MR) is 56.3 cm³/mol. The van der Waals surface area contributed by atoms with E-state index in [2.05, 4.69) is 10.2 Å². The first-order chi connectivity index (χ1) is 6.79. The first-order valence-corrected chi connectivity index (χ1v) is 5.58. The third-order valence-electron chi connectivity index (χ3n) is 3.08. The second-order valence-electron chi connectivity index (χ2n) is 4.49. The zero-order valence-electron chi connectivity index (χ0n) is 8.80. The van der Waals surface area contributed by atoms with Gasteiger partial charge in [-0.3, -0.25) is 4.90 Å². The molecule has 1 heterocycles. The van der Waals surface area contributed by atoms with Crippen LogP contribution in [0.25, 0.3) is 0 Å². The maximum atomic E-state index is 5.97. The molecule has 0 amide bonds. The minimum Gasteiger partial charge on any atom is -0.379 e. The van der Waals surface area contributed by atoms with Gasteiger partial charge in [0.05, 0.1) is 13.2 Å². The van der Waals surface area contributed by atoms with Crippen molar-refractivity contribution in [3.8, 4) is 0 Å². The van der Waals surface area contributed by atoms with E-state index in [4.69, 9.17) is 10.5 Å². The highest BCUT2D eigenvalue weighted by molar-refractivity contribution is 5.00. The molecule has 2 fully saturated rings. The maximum Gasteiger partial charge on any atom is 0.0594 e. The fraction of sp³-hybridized carbons (Fsp3) is 1.00. The van der Waals surface area contributed by atoms with Gasteiger partial charge in [0.15, 0.2) is 0 Å². The number of hydrogen-bond donors (Lipinski definition) is 2. The van der Waals surface area contributed by atoms with Crippen LogP contribution in [-0.2, 0) is 4.74 Å². The predicted octanol–water partition coefficient (Wildman–Crippen LogP) is -0.600. The van der Waals surface area contributed by atoms with Gasteiger partial charge in [-0.25, -0.2) is 0 Å². The van der Waals surface area contributed by atoms with Gasteiger partial charge in [-0.1, -0.05) is 0 Å². The van der Waals surface area contributed by atoms with Crippen LogP contribution in [0.2, 0.25) is 0 Å². The summed E-state index contributed by atoms with van der Waals surface area (Å²) in [5, 5.41) is 3.43. The minimum atomic E-state index is 0.144. The quantitative estimate of drug-likeness (QED) is 0.581. The topological polar surface area (TPSA) is 50.5 Å². The van der Waals surface area contributed by atoms with E-state index in [-0.39, 0.29) is 5.54 Å². The molecule has 4 heteroatoms. The Hall–Kier alpha value is -0.160. The molecule has 0 radical (unpaired) electrons. The molecule has 0 aromatic heterocycles. The minimum absolute atomic E-state index is 0.144. The molecule has 0 aromatic rings. The number of hydrogen-bond acceptors (Lipinski definition) is 4. The van der Waals surface area contributed by atoms with Crippen LogP contribution in [0.5, 0.6) is 0 Å². The van der Waals surface area contributed by atoms with Crippen LogP contribution in [0.1, 0.15) is 12.8 Å². The largest absolute Gasteiger partial charge is 0.379 e. The van der Waals surface area contributed by atoms with E-state index in [1.54, 1.807) is 0 Å². The third kappa shape index (κ3) is 3.20. The fourth-order valence-corrected chi connectivity index (χ4v) is 1.74. The van der Waals surface area contributed by atoms with Gasteiger partial charge in [0.2, 0.25) is 0 Å². The smallest absolute Gasteiger partial charge is 0.0594 e. The molecule has 3 N–H and O–H groups in total. The van der Waals surface area contributed by atoms with Gasteiger partial charge in [-0.2, -0.15) is 0 Å². The van der Waals surface area contributed by atoms with Crippen molar-refractivity contribution >= 4 is 0 Å². The van der Waals surface area contributed by atoms with Crippen molar-refractivity contribution in [2.45, 2.75) is 18.4 Å². The van der Waals surface area contributed by atoms with E-state index < -0.39 is 0 Å². The molecule has 82 valence electrons. The molecule has 14 heavy (non-hydrogen) atoms. The Balaban J connectivity index is 1.49. The maximum absolute atomic E-state index is 5.97. The number of rotatable bonds is 5. The van der Waals surface area contributed by atoms with Crippen molar-refractivity contribution < 1.29 is 4.74 Å². The van der Waals surface area contributed by atoms with Crippen LogP contribution in [-0.4, -0.2) is 56.4 Å². The van der Waals surface area contributed by atoms with Crippen LogP contribution in [0.4, 0.5) is 0 Å². The summed E-state index contributed by atoms with van der Waals surface area (Å²) in [6.45, 7) is 7.10. The summed E-state index contributed by atoms with van der Waals surface area (Å²) in [5.41, 5.74) is 6.11. The first-order valence-electron chi connectivity index (χ1n) is 5.58. The van der Waals surface area contributed by atoms with Gasteiger partial charge in [0.25, 0.3) is 0 Å². The molecule has 0 aromatic carbocycles. The van der Waals surface area contributed by atoms with E-state index in [1.807, 2.05) is 0 Å². The van der Waals surface area contributed by atoms with Crippen molar-refractivity contribution in [3.63, 3.8) is 0 Å². The standard InChI is InChI=1S/C10H21N3O/c11-10(1-2-10)9-12-3-4-13-5-7-14-8-6-13/h12H,1-9,11H2. The van der Waals surface area contributed by atoms with E-state index in [1.165, 1.54) is 12.8 Å². The lowest BCUT2D eigenvalue weighted by atomic mass is 10.3. The van der Waals surface area contributed by atoms with E-state index in [9.17, 15) is 0 Å². The molecule has 1 aliphatic heterocycles. The Labute approximate surface area is 85.8 Å². The molecule has 1 saturated carbocycles. The highest BCUT2D eigenvalue weighted by Crippen LogP contribution is 2.30. The summed E-state index contributed by atoms with van der Waals surface area (Å²) in [6, 6.07) is 0. The Bertz CT molecular complexity index is 176. The molecule has 0 spiro atoms. The van der Waals surface area contributed by atoms with Crippen LogP contribution >= 0.6 is 0 Å². The summed E-state index contributed by atoms with van der Waals surface area (Å²) < 4.78 is 5.29. The fourth-order valence-electron chi connectivity index (χ4n) is 1.74. The molecule has 0 bridgehead atoms. The SMILES string of the molecule is NC1(CNCCN2CCOCC2)CC1.